The molecule has 0 aromatic rings. The quantitative estimate of drug-likeness (QED) is 0.717. The lowest BCUT2D eigenvalue weighted by atomic mass is 9.66. The van der Waals surface area contributed by atoms with Crippen LogP contribution in [-0.2, 0) is 29.1 Å². The lowest BCUT2D eigenvalue weighted by Crippen LogP contribution is -2.59. The highest BCUT2D eigenvalue weighted by Gasteiger charge is 2.65. The topological polar surface area (TPSA) is 97.8 Å². The summed E-state index contributed by atoms with van der Waals surface area (Å²) in [6.45, 7) is 1.95. The van der Waals surface area contributed by atoms with E-state index in [4.69, 9.17) is 4.74 Å². The number of carbonyl (C=O) groups is 3. The predicted molar refractivity (Wildman–Crippen MR) is 77.5 cm³/mol. The summed E-state index contributed by atoms with van der Waals surface area (Å²) in [6, 6.07) is -1.69. The summed E-state index contributed by atoms with van der Waals surface area (Å²) in [5.74, 6) is -2.21. The summed E-state index contributed by atoms with van der Waals surface area (Å²) in [6.07, 6.45) is -1.15. The van der Waals surface area contributed by atoms with Crippen LogP contribution in [0.3, 0.4) is 0 Å². The minimum Gasteiger partial charge on any atom is -0.380 e. The maximum atomic E-state index is 13.1. The van der Waals surface area contributed by atoms with Crippen LogP contribution in [0, 0.1) is 5.41 Å². The number of hydrogen-bond donors (Lipinski definition) is 0. The minimum absolute atomic E-state index is 0.125. The summed E-state index contributed by atoms with van der Waals surface area (Å²) in [5.41, 5.74) is -8.31. The van der Waals surface area contributed by atoms with Gasteiger partial charge in [-0.3, -0.25) is 18.7 Å². The molecule has 11 heteroatoms. The Hall–Kier alpha value is -1.75. The van der Waals surface area contributed by atoms with Gasteiger partial charge in [0, 0.05) is 26.9 Å². The highest BCUT2D eigenvalue weighted by atomic mass is 32.2. The first kappa shape index (κ1) is 19.6. The standard InChI is InChI=1S/C14H16F3NO6S/c1-7(19)10-6-13(8(2)20)11(4-9(21)5-12(13)24-3)18(10)25(22,23)14(15,16)17/h6,11-12H,4-5H2,1-3H3/t11-,12+,13-/m1/s1. The highest BCUT2D eigenvalue weighted by Crippen LogP contribution is 2.51. The van der Waals surface area contributed by atoms with Crippen molar-refractivity contribution in [2.24, 2.45) is 5.41 Å². The van der Waals surface area contributed by atoms with Crippen molar-refractivity contribution in [3.05, 3.63) is 11.8 Å². The van der Waals surface area contributed by atoms with Crippen LogP contribution in [0.15, 0.2) is 11.8 Å². The number of halogens is 3. The van der Waals surface area contributed by atoms with Crippen molar-refractivity contribution >= 4 is 27.4 Å². The van der Waals surface area contributed by atoms with Crippen molar-refractivity contribution < 1.29 is 40.7 Å². The van der Waals surface area contributed by atoms with Crippen LogP contribution in [0.2, 0.25) is 0 Å². The zero-order valence-electron chi connectivity index (χ0n) is 13.6. The molecular formula is C14H16F3NO6S. The Morgan fingerprint density at radius 1 is 1.28 bits per heavy atom. The summed E-state index contributed by atoms with van der Waals surface area (Å²) in [7, 11) is -4.82. The van der Waals surface area contributed by atoms with Gasteiger partial charge >= 0.3 is 15.5 Å². The largest absolute Gasteiger partial charge is 0.516 e. The first-order chi connectivity index (χ1) is 11.3. The normalized spacial score (nSPS) is 30.1. The van der Waals surface area contributed by atoms with Gasteiger partial charge in [0.15, 0.2) is 5.78 Å². The van der Waals surface area contributed by atoms with Crippen molar-refractivity contribution in [1.29, 1.82) is 0 Å². The molecule has 1 saturated carbocycles. The Bertz CT molecular complexity index is 772. The van der Waals surface area contributed by atoms with Crippen molar-refractivity contribution in [2.45, 2.75) is 44.3 Å². The first-order valence-corrected chi connectivity index (χ1v) is 8.64. The van der Waals surface area contributed by atoms with Gasteiger partial charge in [0.1, 0.15) is 11.6 Å². The molecule has 0 unspecified atom stereocenters. The van der Waals surface area contributed by atoms with E-state index >= 15 is 0 Å². The fourth-order valence-electron chi connectivity index (χ4n) is 3.49. The Labute approximate surface area is 141 Å². The predicted octanol–water partition coefficient (Wildman–Crippen LogP) is 0.946. The van der Waals surface area contributed by atoms with E-state index < -0.39 is 62.6 Å². The van der Waals surface area contributed by atoms with Gasteiger partial charge in [0.2, 0.25) is 0 Å². The summed E-state index contributed by atoms with van der Waals surface area (Å²) < 4.78 is 68.4. The molecular weight excluding hydrogens is 367 g/mol. The molecule has 140 valence electrons. The lowest BCUT2D eigenvalue weighted by molar-refractivity contribution is -0.144. The van der Waals surface area contributed by atoms with Crippen LogP contribution < -0.4 is 0 Å². The van der Waals surface area contributed by atoms with Gasteiger partial charge in [-0.25, -0.2) is 0 Å². The van der Waals surface area contributed by atoms with Gasteiger partial charge in [-0.05, 0) is 13.0 Å². The first-order valence-electron chi connectivity index (χ1n) is 7.20. The van der Waals surface area contributed by atoms with Crippen LogP contribution in [0.5, 0.6) is 0 Å². The van der Waals surface area contributed by atoms with E-state index in [1.807, 2.05) is 0 Å². The molecule has 7 nitrogen and oxygen atoms in total. The smallest absolute Gasteiger partial charge is 0.380 e. The lowest BCUT2D eigenvalue weighted by Gasteiger charge is -2.44. The number of ketones is 3. The molecule has 0 amide bonds. The molecule has 2 rings (SSSR count). The summed E-state index contributed by atoms with van der Waals surface area (Å²) >= 11 is 0. The molecule has 1 heterocycles. The number of fused-ring (bicyclic) bond motifs is 1. The number of allylic oxidation sites excluding steroid dienone is 1. The van der Waals surface area contributed by atoms with Gasteiger partial charge in [-0.1, -0.05) is 0 Å². The van der Waals surface area contributed by atoms with Crippen LogP contribution in [0.25, 0.3) is 0 Å². The molecule has 0 radical (unpaired) electrons. The van der Waals surface area contributed by atoms with E-state index in [2.05, 4.69) is 0 Å². The average Bonchev–Trinajstić information content (AvgIpc) is 2.81. The average molecular weight is 383 g/mol. The fraction of sp³-hybridized carbons (Fsp3) is 0.643. The third-order valence-electron chi connectivity index (χ3n) is 4.62. The Morgan fingerprint density at radius 3 is 2.24 bits per heavy atom. The number of hydrogen-bond acceptors (Lipinski definition) is 6. The van der Waals surface area contributed by atoms with Crippen LogP contribution >= 0.6 is 0 Å². The van der Waals surface area contributed by atoms with Crippen molar-refractivity contribution in [1.82, 2.24) is 4.31 Å². The Morgan fingerprint density at radius 2 is 1.84 bits per heavy atom. The Balaban J connectivity index is 2.79. The number of rotatable bonds is 4. The van der Waals surface area contributed by atoms with Crippen molar-refractivity contribution in [2.75, 3.05) is 7.11 Å². The second-order valence-corrected chi connectivity index (χ2v) is 7.82. The number of carbonyl (C=O) groups excluding carboxylic acids is 3. The van der Waals surface area contributed by atoms with E-state index in [0.717, 1.165) is 27.0 Å². The number of methoxy groups -OCH3 is 1. The molecule has 1 fully saturated rings. The van der Waals surface area contributed by atoms with Gasteiger partial charge in [0.05, 0.1) is 23.3 Å². The van der Waals surface area contributed by atoms with Crippen molar-refractivity contribution in [3.63, 3.8) is 0 Å². The number of nitrogens with zero attached hydrogens (tertiary/aromatic N) is 1. The number of alkyl halides is 3. The molecule has 25 heavy (non-hydrogen) atoms. The second kappa shape index (κ2) is 5.90. The second-order valence-electron chi connectivity index (χ2n) is 6.01. The van der Waals surface area contributed by atoms with Crippen LogP contribution in [-0.4, -0.2) is 54.8 Å². The molecule has 0 spiro atoms. The molecule has 0 saturated heterocycles. The Kier molecular flexibility index (Phi) is 4.62. The van der Waals surface area contributed by atoms with E-state index in [9.17, 15) is 36.0 Å². The van der Waals surface area contributed by atoms with E-state index in [1.165, 1.54) is 0 Å². The van der Waals surface area contributed by atoms with E-state index in [-0.39, 0.29) is 10.7 Å². The van der Waals surface area contributed by atoms with Crippen LogP contribution in [0.1, 0.15) is 26.7 Å². The molecule has 0 aromatic heterocycles. The minimum atomic E-state index is -5.98. The zero-order chi connectivity index (χ0) is 19.4. The molecule has 2 aliphatic rings. The van der Waals surface area contributed by atoms with Crippen LogP contribution in [0.4, 0.5) is 13.2 Å². The van der Waals surface area contributed by atoms with Gasteiger partial charge in [-0.2, -0.15) is 21.6 Å². The molecule has 1 aliphatic carbocycles. The molecule has 0 aromatic carbocycles. The maximum Gasteiger partial charge on any atom is 0.516 e. The molecule has 1 aliphatic heterocycles. The summed E-state index contributed by atoms with van der Waals surface area (Å²) in [5, 5.41) is 0. The van der Waals surface area contributed by atoms with Gasteiger partial charge < -0.3 is 4.74 Å². The molecule has 0 N–H and O–H groups in total. The maximum absolute atomic E-state index is 13.1. The molecule has 3 atom stereocenters. The van der Waals surface area contributed by atoms with E-state index in [1.54, 1.807) is 0 Å². The third kappa shape index (κ3) is 2.69. The highest BCUT2D eigenvalue weighted by molar-refractivity contribution is 7.90. The zero-order valence-corrected chi connectivity index (χ0v) is 14.4. The number of sulfonamides is 1. The fourth-order valence-corrected chi connectivity index (χ4v) is 4.74. The van der Waals surface area contributed by atoms with Gasteiger partial charge in [-0.15, -0.1) is 0 Å². The number of ether oxygens (including phenoxy) is 1. The van der Waals surface area contributed by atoms with Crippen molar-refractivity contribution in [3.8, 4) is 0 Å². The van der Waals surface area contributed by atoms with E-state index in [0.29, 0.717) is 0 Å². The monoisotopic (exact) mass is 383 g/mol. The number of Topliss-reactive ketones (excluding diaryl/α,β-unsaturated/α-hetero) is 3. The molecule has 0 bridgehead atoms. The third-order valence-corrected chi connectivity index (χ3v) is 6.17. The van der Waals surface area contributed by atoms with Gasteiger partial charge in [0.25, 0.3) is 0 Å². The SMILES string of the molecule is CO[C@H]1CC(=O)C[C@H]2N(S(=O)(=O)C(F)(F)F)C(C(C)=O)=C[C@]12C(C)=O. The summed E-state index contributed by atoms with van der Waals surface area (Å²) in [4.78, 5) is 36.1.